The van der Waals surface area contributed by atoms with Crippen molar-refractivity contribution < 1.29 is 9.53 Å². The molecule has 0 rings (SSSR count). The summed E-state index contributed by atoms with van der Waals surface area (Å²) in [6.07, 6.45) is 29.3. The molecule has 0 spiro atoms. The molecule has 0 atom stereocenters. The van der Waals surface area contributed by atoms with Crippen LogP contribution in [0, 0.1) is 0 Å². The van der Waals surface area contributed by atoms with Crippen LogP contribution in [0.4, 0.5) is 0 Å². The molecular formula is C22H34O2. The smallest absolute Gasteiger partial charge is 0.305 e. The Hall–Kier alpha value is -1.83. The average Bonchev–Trinajstić information content (AvgIpc) is 2.58. The van der Waals surface area contributed by atoms with Gasteiger partial charge < -0.3 is 4.74 Å². The van der Waals surface area contributed by atoms with Gasteiger partial charge in [0, 0.05) is 6.42 Å². The van der Waals surface area contributed by atoms with Crippen LogP contribution in [0.25, 0.3) is 0 Å². The van der Waals surface area contributed by atoms with Crippen molar-refractivity contribution in [3.63, 3.8) is 0 Å². The predicted molar refractivity (Wildman–Crippen MR) is 105 cm³/mol. The fourth-order valence-electron chi connectivity index (χ4n) is 1.97. The Kier molecular flexibility index (Phi) is 17.8. The molecule has 0 aromatic carbocycles. The van der Waals surface area contributed by atoms with E-state index < -0.39 is 0 Å². The highest BCUT2D eigenvalue weighted by Gasteiger charge is 1.98. The molecule has 2 heteroatoms. The predicted octanol–water partition coefficient (Wildman–Crippen LogP) is 6.47. The molecule has 2 nitrogen and oxygen atoms in total. The maximum Gasteiger partial charge on any atom is 0.305 e. The monoisotopic (exact) mass is 330 g/mol. The summed E-state index contributed by atoms with van der Waals surface area (Å²) in [7, 11) is 0. The van der Waals surface area contributed by atoms with E-state index in [1.807, 2.05) is 6.92 Å². The van der Waals surface area contributed by atoms with Gasteiger partial charge in [-0.2, -0.15) is 0 Å². The van der Waals surface area contributed by atoms with E-state index in [2.05, 4.69) is 67.7 Å². The molecule has 0 saturated carbocycles. The first-order valence-corrected chi connectivity index (χ1v) is 9.21. The van der Waals surface area contributed by atoms with Crippen LogP contribution in [0.2, 0.25) is 0 Å². The Morgan fingerprint density at radius 2 is 1.17 bits per heavy atom. The van der Waals surface area contributed by atoms with Gasteiger partial charge in [-0.25, -0.2) is 0 Å². The molecule has 0 unspecified atom stereocenters. The lowest BCUT2D eigenvalue weighted by Crippen LogP contribution is -2.02. The minimum atomic E-state index is -0.0927. The lowest BCUT2D eigenvalue weighted by molar-refractivity contribution is -0.143. The second kappa shape index (κ2) is 19.2. The van der Waals surface area contributed by atoms with Crippen molar-refractivity contribution in [1.29, 1.82) is 0 Å². The topological polar surface area (TPSA) is 26.3 Å². The number of hydrogen-bond acceptors (Lipinski definition) is 2. The molecule has 0 saturated heterocycles. The van der Waals surface area contributed by atoms with Gasteiger partial charge in [0.1, 0.15) is 0 Å². The summed E-state index contributed by atoms with van der Waals surface area (Å²) in [6.45, 7) is 4.46. The Balaban J connectivity index is 3.48. The van der Waals surface area contributed by atoms with Crippen LogP contribution >= 0.6 is 0 Å². The second-order valence-electron chi connectivity index (χ2n) is 5.41. The average molecular weight is 331 g/mol. The molecule has 134 valence electrons. The molecule has 0 aromatic rings. The molecular weight excluding hydrogens is 296 g/mol. The number of ether oxygens (including phenoxy) is 1. The summed E-state index contributed by atoms with van der Waals surface area (Å²) in [5.74, 6) is -0.0927. The highest BCUT2D eigenvalue weighted by molar-refractivity contribution is 5.69. The van der Waals surface area contributed by atoms with Crippen molar-refractivity contribution in [2.45, 2.75) is 65.2 Å². The van der Waals surface area contributed by atoms with Crippen molar-refractivity contribution in [3.05, 3.63) is 60.8 Å². The van der Waals surface area contributed by atoms with Crippen LogP contribution in [0.15, 0.2) is 60.8 Å². The summed E-state index contributed by atoms with van der Waals surface area (Å²) in [5, 5.41) is 0. The van der Waals surface area contributed by atoms with Crippen LogP contribution in [-0.4, -0.2) is 12.6 Å². The van der Waals surface area contributed by atoms with Crippen molar-refractivity contribution in [3.8, 4) is 0 Å². The third kappa shape index (κ3) is 18.2. The summed E-state index contributed by atoms with van der Waals surface area (Å²) in [5.41, 5.74) is 0. The quantitative estimate of drug-likeness (QED) is 0.207. The Morgan fingerprint density at radius 3 is 1.62 bits per heavy atom. The Bertz CT molecular complexity index is 425. The first kappa shape index (κ1) is 22.2. The van der Waals surface area contributed by atoms with Gasteiger partial charge in [-0.15, -0.1) is 0 Å². The normalized spacial score (nSPS) is 12.6. The van der Waals surface area contributed by atoms with Crippen molar-refractivity contribution in [2.24, 2.45) is 0 Å². The molecule has 0 radical (unpaired) electrons. The largest absolute Gasteiger partial charge is 0.466 e. The van der Waals surface area contributed by atoms with Gasteiger partial charge in [0.2, 0.25) is 0 Å². The molecule has 0 bridgehead atoms. The number of allylic oxidation sites excluding steroid dienone is 10. The molecule has 0 aromatic heterocycles. The maximum absolute atomic E-state index is 11.1. The van der Waals surface area contributed by atoms with Gasteiger partial charge >= 0.3 is 5.97 Å². The highest BCUT2D eigenvalue weighted by atomic mass is 16.5. The Labute approximate surface area is 148 Å². The third-order valence-electron chi connectivity index (χ3n) is 3.21. The number of carbonyl (C=O) groups excluding carboxylic acids is 1. The van der Waals surface area contributed by atoms with E-state index in [0.29, 0.717) is 13.0 Å². The minimum Gasteiger partial charge on any atom is -0.466 e. The zero-order chi connectivity index (χ0) is 17.7. The second-order valence-corrected chi connectivity index (χ2v) is 5.41. The van der Waals surface area contributed by atoms with Gasteiger partial charge in [-0.3, -0.25) is 4.79 Å². The van der Waals surface area contributed by atoms with Crippen LogP contribution in [-0.2, 0) is 9.53 Å². The molecule has 0 fully saturated rings. The van der Waals surface area contributed by atoms with Crippen molar-refractivity contribution in [1.82, 2.24) is 0 Å². The lowest BCUT2D eigenvalue weighted by Gasteiger charge is -1.98. The fraction of sp³-hybridized carbons (Fsp3) is 0.500. The van der Waals surface area contributed by atoms with Crippen molar-refractivity contribution in [2.75, 3.05) is 6.61 Å². The minimum absolute atomic E-state index is 0.0927. The molecule has 0 amide bonds. The van der Waals surface area contributed by atoms with Gasteiger partial charge in [-0.05, 0) is 51.9 Å². The van der Waals surface area contributed by atoms with E-state index in [1.165, 1.54) is 0 Å². The fourth-order valence-corrected chi connectivity index (χ4v) is 1.97. The zero-order valence-electron chi connectivity index (χ0n) is 15.5. The third-order valence-corrected chi connectivity index (χ3v) is 3.21. The number of carbonyl (C=O) groups is 1. The number of esters is 1. The summed E-state index contributed by atoms with van der Waals surface area (Å²) < 4.78 is 4.88. The molecule has 24 heavy (non-hydrogen) atoms. The maximum atomic E-state index is 11.1. The van der Waals surface area contributed by atoms with Gasteiger partial charge in [0.25, 0.3) is 0 Å². The van der Waals surface area contributed by atoms with Gasteiger partial charge in [0.15, 0.2) is 0 Å². The molecule has 0 aliphatic rings. The Morgan fingerprint density at radius 1 is 0.708 bits per heavy atom. The van der Waals surface area contributed by atoms with Crippen LogP contribution in [0.3, 0.4) is 0 Å². The summed E-state index contributed by atoms with van der Waals surface area (Å²) in [4.78, 5) is 11.1. The summed E-state index contributed by atoms with van der Waals surface area (Å²) >= 11 is 0. The standard InChI is InChI=1S/C22H34O2/c1-3-5-6-7-8-9-10-11-12-13-14-15-16-17-18-19-20-21-22(23)24-4-2/h5-6,8-9,11-12,14-15,17-18H,3-4,7,10,13,16,19-21H2,1-2H3/b6-5+,9-8-,12-11+,15-14+,18-17+. The lowest BCUT2D eigenvalue weighted by atomic mass is 10.2. The molecule has 0 heterocycles. The number of unbranched alkanes of at least 4 members (excludes halogenated alkanes) is 1. The van der Waals surface area contributed by atoms with Crippen molar-refractivity contribution >= 4 is 5.97 Å². The SMILES string of the molecule is CC/C=C/C/C=C\C/C=C/C/C=C/C/C=C/CCCC(=O)OCC. The summed E-state index contributed by atoms with van der Waals surface area (Å²) in [6, 6.07) is 0. The van der Waals surface area contributed by atoms with E-state index >= 15 is 0 Å². The van der Waals surface area contributed by atoms with Gasteiger partial charge in [-0.1, -0.05) is 67.7 Å². The number of hydrogen-bond donors (Lipinski definition) is 0. The first-order chi connectivity index (χ1) is 11.8. The van der Waals surface area contributed by atoms with E-state index in [4.69, 9.17) is 4.74 Å². The van der Waals surface area contributed by atoms with E-state index in [9.17, 15) is 4.79 Å². The molecule has 0 N–H and O–H groups in total. The van der Waals surface area contributed by atoms with Crippen LogP contribution in [0.1, 0.15) is 65.2 Å². The zero-order valence-corrected chi connectivity index (χ0v) is 15.5. The van der Waals surface area contributed by atoms with E-state index in [0.717, 1.165) is 44.9 Å². The van der Waals surface area contributed by atoms with Gasteiger partial charge in [0.05, 0.1) is 6.61 Å². The van der Waals surface area contributed by atoms with Crippen LogP contribution < -0.4 is 0 Å². The van der Waals surface area contributed by atoms with Crippen LogP contribution in [0.5, 0.6) is 0 Å². The highest BCUT2D eigenvalue weighted by Crippen LogP contribution is 2.00. The van der Waals surface area contributed by atoms with E-state index in [-0.39, 0.29) is 5.97 Å². The number of rotatable bonds is 14. The molecule has 0 aliphatic carbocycles. The molecule has 0 aliphatic heterocycles. The van der Waals surface area contributed by atoms with E-state index in [1.54, 1.807) is 0 Å². The first-order valence-electron chi connectivity index (χ1n) is 9.21.